The van der Waals surface area contributed by atoms with Gasteiger partial charge in [0, 0.05) is 23.3 Å². The molecule has 0 aliphatic carbocycles. The van der Waals surface area contributed by atoms with Gasteiger partial charge in [-0.2, -0.15) is 0 Å². The molecular weight excluding hydrogens is 391 g/mol. The number of halogens is 1. The third-order valence-corrected chi connectivity index (χ3v) is 3.50. The van der Waals surface area contributed by atoms with Gasteiger partial charge in [-0.3, -0.25) is 0 Å². The van der Waals surface area contributed by atoms with Crippen LogP contribution in [0.3, 0.4) is 0 Å². The number of carbonyl (C=O) groups excluding carboxylic acids is 2. The molecule has 154 valence electrons. The molecule has 0 atom stereocenters. The zero-order chi connectivity index (χ0) is 21.9. The van der Waals surface area contributed by atoms with Crippen LogP contribution in [0.5, 0.6) is 11.5 Å². The topological polar surface area (TPSA) is 71.1 Å². The molecular formula is C23H19FO6. The minimum absolute atomic E-state index is 0.233. The predicted octanol–water partition coefficient (Wildman–Crippen LogP) is 5.04. The smallest absolute Gasteiger partial charge is 0.338 e. The lowest BCUT2D eigenvalue weighted by Crippen LogP contribution is -1.99. The third kappa shape index (κ3) is 6.79. The van der Waals surface area contributed by atoms with Crippen LogP contribution >= 0.6 is 0 Å². The number of hydrogen-bond acceptors (Lipinski definition) is 6. The average Bonchev–Trinajstić information content (AvgIpc) is 2.74. The Hall–Kier alpha value is -4.13. The van der Waals surface area contributed by atoms with E-state index in [0.717, 1.165) is 24.9 Å². The average molecular weight is 410 g/mol. The van der Waals surface area contributed by atoms with E-state index in [1.807, 2.05) is 0 Å². The lowest BCUT2D eigenvalue weighted by atomic mass is 10.0. The lowest BCUT2D eigenvalue weighted by molar-refractivity contribution is -0.134. The van der Waals surface area contributed by atoms with Crippen molar-refractivity contribution >= 4 is 11.9 Å². The molecule has 0 N–H and O–H groups in total. The molecule has 7 heteroatoms. The highest BCUT2D eigenvalue weighted by molar-refractivity contribution is 5.87. The number of hydrogen-bond donors (Lipinski definition) is 0. The molecule has 0 saturated carbocycles. The molecule has 0 unspecified atom stereocenters. The van der Waals surface area contributed by atoms with Crippen molar-refractivity contribution in [2.75, 3.05) is 0 Å². The number of ether oxygens (including phenoxy) is 4. The number of esters is 2. The quantitative estimate of drug-likeness (QED) is 0.328. The highest BCUT2D eigenvalue weighted by atomic mass is 19.1. The molecule has 2 aromatic rings. The Kier molecular flexibility index (Phi) is 8.14. The molecule has 30 heavy (non-hydrogen) atoms. The fourth-order valence-corrected chi connectivity index (χ4v) is 2.06. The zero-order valence-electron chi connectivity index (χ0n) is 16.2. The maximum atomic E-state index is 14.4. The number of carbonyl (C=O) groups is 2. The van der Waals surface area contributed by atoms with Gasteiger partial charge < -0.3 is 18.9 Å². The lowest BCUT2D eigenvalue weighted by Gasteiger charge is -2.07. The van der Waals surface area contributed by atoms with Crippen molar-refractivity contribution in [1.82, 2.24) is 0 Å². The number of rotatable bonds is 9. The van der Waals surface area contributed by atoms with Gasteiger partial charge in [-0.25, -0.2) is 14.0 Å². The highest BCUT2D eigenvalue weighted by Gasteiger charge is 2.07. The van der Waals surface area contributed by atoms with E-state index < -0.39 is 17.8 Å². The minimum Gasteiger partial charge on any atom is -0.462 e. The monoisotopic (exact) mass is 410 g/mol. The maximum absolute atomic E-state index is 14.4. The summed E-state index contributed by atoms with van der Waals surface area (Å²) in [5.41, 5.74) is 1.26. The van der Waals surface area contributed by atoms with E-state index in [-0.39, 0.29) is 11.3 Å². The van der Waals surface area contributed by atoms with Crippen molar-refractivity contribution in [3.8, 4) is 22.6 Å². The minimum atomic E-state index is -0.632. The van der Waals surface area contributed by atoms with Gasteiger partial charge >= 0.3 is 11.9 Å². The molecule has 0 bridgehead atoms. The van der Waals surface area contributed by atoms with Crippen LogP contribution in [0.15, 0.2) is 92.3 Å². The number of benzene rings is 2. The summed E-state index contributed by atoms with van der Waals surface area (Å²) in [6, 6.07) is 11.0. The summed E-state index contributed by atoms with van der Waals surface area (Å²) in [5.74, 6) is -0.977. The molecule has 0 radical (unpaired) electrons. The Bertz CT molecular complexity index is 989. The molecule has 0 spiro atoms. The largest absolute Gasteiger partial charge is 0.462 e. The maximum Gasteiger partial charge on any atom is 0.338 e. The summed E-state index contributed by atoms with van der Waals surface area (Å²) in [4.78, 5) is 22.1. The van der Waals surface area contributed by atoms with Crippen molar-refractivity contribution in [2.45, 2.75) is 6.92 Å². The van der Waals surface area contributed by atoms with Gasteiger partial charge in [0.1, 0.15) is 42.4 Å². The van der Waals surface area contributed by atoms with Crippen molar-refractivity contribution in [3.63, 3.8) is 0 Å². The van der Waals surface area contributed by atoms with Gasteiger partial charge in [0.05, 0.1) is 0 Å². The van der Waals surface area contributed by atoms with E-state index in [1.54, 1.807) is 36.4 Å². The summed E-state index contributed by atoms with van der Waals surface area (Å²) in [6.07, 6.45) is 5.47. The Morgan fingerprint density at radius 2 is 1.50 bits per heavy atom. The molecule has 6 nitrogen and oxygen atoms in total. The molecule has 2 aromatic carbocycles. The van der Waals surface area contributed by atoms with Gasteiger partial charge in [0.15, 0.2) is 0 Å². The molecule has 0 saturated heterocycles. The van der Waals surface area contributed by atoms with Crippen LogP contribution < -0.4 is 9.47 Å². The van der Waals surface area contributed by atoms with Crippen LogP contribution in [-0.2, 0) is 19.1 Å². The fraction of sp³-hybridized carbons (Fsp3) is 0.0435. The standard InChI is InChI=1S/C23H19FO6/c1-4-22(25)29-13-11-28-19-9-10-20(21(24)15-19)17-5-7-18(8-6-17)27-12-14-30-23(26)16(2)3/h4-15H,1-2H2,3H3. The van der Waals surface area contributed by atoms with Crippen LogP contribution in [0, 0.1) is 5.82 Å². The van der Waals surface area contributed by atoms with E-state index in [0.29, 0.717) is 16.9 Å². The molecule has 0 aliphatic rings. The van der Waals surface area contributed by atoms with Crippen LogP contribution in [0.25, 0.3) is 11.1 Å². The van der Waals surface area contributed by atoms with Crippen LogP contribution in [0.4, 0.5) is 4.39 Å². The Morgan fingerprint density at radius 3 is 2.10 bits per heavy atom. The first-order chi connectivity index (χ1) is 14.4. The fourth-order valence-electron chi connectivity index (χ4n) is 2.06. The Labute approximate surface area is 173 Å². The van der Waals surface area contributed by atoms with E-state index in [2.05, 4.69) is 17.9 Å². The summed E-state index contributed by atoms with van der Waals surface area (Å²) >= 11 is 0. The molecule has 0 aromatic heterocycles. The van der Waals surface area contributed by atoms with Crippen LogP contribution in [0.1, 0.15) is 6.92 Å². The van der Waals surface area contributed by atoms with Gasteiger partial charge in [-0.15, -0.1) is 0 Å². The second-order valence-corrected chi connectivity index (χ2v) is 5.77. The Morgan fingerprint density at radius 1 is 0.900 bits per heavy atom. The SMILES string of the molecule is C=CC(=O)OC=COc1ccc(-c2ccc(OC=COC(=O)C(=C)C)cc2)c(F)c1. The molecule has 2 rings (SSSR count). The summed E-state index contributed by atoms with van der Waals surface area (Å²) in [7, 11) is 0. The summed E-state index contributed by atoms with van der Waals surface area (Å²) < 4.78 is 34.3. The van der Waals surface area contributed by atoms with Gasteiger partial charge in [0.25, 0.3) is 0 Å². The van der Waals surface area contributed by atoms with E-state index >= 15 is 0 Å². The van der Waals surface area contributed by atoms with E-state index in [1.165, 1.54) is 19.3 Å². The van der Waals surface area contributed by atoms with Gasteiger partial charge in [0.2, 0.25) is 0 Å². The second kappa shape index (κ2) is 11.0. The molecule has 0 heterocycles. The summed E-state index contributed by atoms with van der Waals surface area (Å²) in [5, 5.41) is 0. The van der Waals surface area contributed by atoms with Crippen LogP contribution in [-0.4, -0.2) is 11.9 Å². The first-order valence-electron chi connectivity index (χ1n) is 8.63. The van der Waals surface area contributed by atoms with Crippen molar-refractivity contribution in [1.29, 1.82) is 0 Å². The van der Waals surface area contributed by atoms with Crippen molar-refractivity contribution in [3.05, 3.63) is 98.1 Å². The molecule has 0 aliphatic heterocycles. The molecule has 0 fully saturated rings. The van der Waals surface area contributed by atoms with Gasteiger partial charge in [-0.1, -0.05) is 25.3 Å². The van der Waals surface area contributed by atoms with Crippen molar-refractivity contribution in [2.24, 2.45) is 0 Å². The van der Waals surface area contributed by atoms with E-state index in [4.69, 9.17) is 14.2 Å². The normalized spacial score (nSPS) is 10.6. The third-order valence-electron chi connectivity index (χ3n) is 3.50. The molecule has 0 amide bonds. The van der Waals surface area contributed by atoms with Crippen LogP contribution in [0.2, 0.25) is 0 Å². The second-order valence-electron chi connectivity index (χ2n) is 5.77. The highest BCUT2D eigenvalue weighted by Crippen LogP contribution is 2.28. The first kappa shape index (κ1) is 22.2. The van der Waals surface area contributed by atoms with Crippen molar-refractivity contribution < 1.29 is 32.9 Å². The first-order valence-corrected chi connectivity index (χ1v) is 8.63. The van der Waals surface area contributed by atoms with E-state index in [9.17, 15) is 14.0 Å². The van der Waals surface area contributed by atoms with Gasteiger partial charge in [-0.05, 0) is 36.8 Å². The Balaban J connectivity index is 1.96. The summed E-state index contributed by atoms with van der Waals surface area (Å²) in [6.45, 7) is 8.24. The predicted molar refractivity (Wildman–Crippen MR) is 109 cm³/mol. The zero-order valence-corrected chi connectivity index (χ0v) is 16.2.